The first-order valence-electron chi connectivity index (χ1n) is 6.61. The van der Waals surface area contributed by atoms with E-state index in [2.05, 4.69) is 4.72 Å². The zero-order valence-corrected chi connectivity index (χ0v) is 14.6. The summed E-state index contributed by atoms with van der Waals surface area (Å²) in [5, 5.41) is 0.306. The van der Waals surface area contributed by atoms with Crippen LogP contribution in [0.4, 0.5) is 0 Å². The Labute approximate surface area is 131 Å². The molecule has 0 aliphatic heterocycles. The van der Waals surface area contributed by atoms with Gasteiger partial charge in [0.25, 0.3) is 0 Å². The van der Waals surface area contributed by atoms with E-state index in [1.54, 1.807) is 6.07 Å². The van der Waals surface area contributed by atoms with Crippen molar-refractivity contribution in [3.63, 3.8) is 0 Å². The van der Waals surface area contributed by atoms with Gasteiger partial charge < -0.3 is 10.5 Å². The van der Waals surface area contributed by atoms with Gasteiger partial charge in [0, 0.05) is 23.2 Å². The van der Waals surface area contributed by atoms with Crippen LogP contribution < -0.4 is 15.2 Å². The molecule has 7 heteroatoms. The quantitative estimate of drug-likeness (QED) is 0.867. The smallest absolute Gasteiger partial charge is 0.244 e. The van der Waals surface area contributed by atoms with Gasteiger partial charge >= 0.3 is 0 Å². The number of halogens is 1. The highest BCUT2D eigenvalue weighted by atomic mass is 35.5. The molecule has 5 nitrogen and oxygen atoms in total. The van der Waals surface area contributed by atoms with Gasteiger partial charge in [-0.15, -0.1) is 0 Å². The molecule has 0 aliphatic carbocycles. The summed E-state index contributed by atoms with van der Waals surface area (Å²) in [4.78, 5) is 0.00838. The van der Waals surface area contributed by atoms with E-state index in [9.17, 15) is 8.42 Å². The Hall–Kier alpha value is -0.820. The van der Waals surface area contributed by atoms with E-state index in [1.807, 2.05) is 27.7 Å². The summed E-state index contributed by atoms with van der Waals surface area (Å²) in [6, 6.07) is 2.72. The molecule has 0 fully saturated rings. The van der Waals surface area contributed by atoms with E-state index < -0.39 is 10.0 Å². The van der Waals surface area contributed by atoms with Crippen molar-refractivity contribution in [1.82, 2.24) is 4.72 Å². The molecule has 0 aromatic heterocycles. The van der Waals surface area contributed by atoms with Gasteiger partial charge in [0.1, 0.15) is 10.6 Å². The summed E-state index contributed by atoms with van der Waals surface area (Å²) in [6.07, 6.45) is 0. The van der Waals surface area contributed by atoms with E-state index in [0.29, 0.717) is 10.6 Å². The van der Waals surface area contributed by atoms with Crippen molar-refractivity contribution in [3.8, 4) is 5.75 Å². The summed E-state index contributed by atoms with van der Waals surface area (Å²) < 4.78 is 33.1. The maximum atomic E-state index is 12.6. The van der Waals surface area contributed by atoms with Crippen LogP contribution >= 0.6 is 11.6 Å². The lowest BCUT2D eigenvalue weighted by atomic mass is 9.89. The lowest BCUT2D eigenvalue weighted by Crippen LogP contribution is -2.41. The van der Waals surface area contributed by atoms with Crippen LogP contribution in [-0.2, 0) is 16.6 Å². The van der Waals surface area contributed by atoms with Crippen molar-refractivity contribution in [2.24, 2.45) is 11.1 Å². The Kier molecular flexibility index (Phi) is 5.66. The summed E-state index contributed by atoms with van der Waals surface area (Å²) in [6.45, 7) is 7.83. The molecular weight excluding hydrogens is 312 g/mol. The molecule has 0 heterocycles. The minimum absolute atomic E-state index is 0.00838. The first-order valence-corrected chi connectivity index (χ1v) is 8.48. The molecule has 1 aromatic carbocycles. The highest BCUT2D eigenvalue weighted by Crippen LogP contribution is 2.32. The van der Waals surface area contributed by atoms with E-state index >= 15 is 0 Å². The minimum atomic E-state index is -3.76. The molecule has 1 aromatic rings. The number of nitrogens with one attached hydrogen (secondary N) is 1. The molecule has 0 saturated heterocycles. The SMILES string of the molecule is COc1c(CN)cc(Cl)cc1S(=O)(=O)NC(C)C(C)(C)C. The normalized spacial score (nSPS) is 14.0. The van der Waals surface area contributed by atoms with E-state index in [0.717, 1.165) is 0 Å². The highest BCUT2D eigenvalue weighted by molar-refractivity contribution is 7.89. The van der Waals surface area contributed by atoms with Gasteiger partial charge in [0.2, 0.25) is 10.0 Å². The molecule has 120 valence electrons. The molecule has 0 amide bonds. The summed E-state index contributed by atoms with van der Waals surface area (Å²) >= 11 is 5.99. The Morgan fingerprint density at radius 2 is 1.95 bits per heavy atom. The van der Waals surface area contributed by atoms with Crippen LogP contribution in [0.3, 0.4) is 0 Å². The van der Waals surface area contributed by atoms with Crippen molar-refractivity contribution >= 4 is 21.6 Å². The standard InChI is InChI=1S/C14H23ClN2O3S/c1-9(14(2,3)4)17-21(18,19)12-7-11(15)6-10(8-16)13(12)20-5/h6-7,9,17H,8,16H2,1-5H3. The molecule has 0 bridgehead atoms. The fraction of sp³-hybridized carbons (Fsp3) is 0.571. The lowest BCUT2D eigenvalue weighted by Gasteiger charge is -2.28. The van der Waals surface area contributed by atoms with E-state index in [-0.39, 0.29) is 28.6 Å². The third-order valence-electron chi connectivity index (χ3n) is 3.44. The van der Waals surface area contributed by atoms with Crippen LogP contribution in [0.15, 0.2) is 17.0 Å². The first kappa shape index (κ1) is 18.2. The van der Waals surface area contributed by atoms with E-state index in [4.69, 9.17) is 22.1 Å². The van der Waals surface area contributed by atoms with E-state index in [1.165, 1.54) is 13.2 Å². The third kappa shape index (κ3) is 4.32. The van der Waals surface area contributed by atoms with Crippen LogP contribution in [0.5, 0.6) is 5.75 Å². The van der Waals surface area contributed by atoms with Gasteiger partial charge in [-0.25, -0.2) is 13.1 Å². The number of benzene rings is 1. The molecule has 1 atom stereocenters. The highest BCUT2D eigenvalue weighted by Gasteiger charge is 2.29. The van der Waals surface area contributed by atoms with Crippen LogP contribution in [0.2, 0.25) is 5.02 Å². The molecule has 0 spiro atoms. The van der Waals surface area contributed by atoms with Crippen molar-refractivity contribution < 1.29 is 13.2 Å². The summed E-state index contributed by atoms with van der Waals surface area (Å²) in [7, 11) is -2.34. The maximum Gasteiger partial charge on any atom is 0.244 e. The van der Waals surface area contributed by atoms with Crippen molar-refractivity contribution in [1.29, 1.82) is 0 Å². The number of ether oxygens (including phenoxy) is 1. The van der Waals surface area contributed by atoms with Gasteiger partial charge in [0.15, 0.2) is 0 Å². The fourth-order valence-corrected chi connectivity index (χ4v) is 3.67. The first-order chi connectivity index (χ1) is 9.52. The number of nitrogens with two attached hydrogens (primary N) is 1. The molecule has 21 heavy (non-hydrogen) atoms. The molecule has 1 rings (SSSR count). The predicted octanol–water partition coefficient (Wildman–Crippen LogP) is 2.52. The Morgan fingerprint density at radius 1 is 1.38 bits per heavy atom. The average Bonchev–Trinajstić information content (AvgIpc) is 2.35. The van der Waals surface area contributed by atoms with Crippen LogP contribution in [-0.4, -0.2) is 21.6 Å². The maximum absolute atomic E-state index is 12.6. The second kappa shape index (κ2) is 6.52. The average molecular weight is 335 g/mol. The van der Waals surface area contributed by atoms with Crippen LogP contribution in [0.1, 0.15) is 33.3 Å². The number of hydrogen-bond donors (Lipinski definition) is 2. The molecule has 3 N–H and O–H groups in total. The topological polar surface area (TPSA) is 81.4 Å². The molecule has 0 saturated carbocycles. The Balaban J connectivity index is 3.35. The monoisotopic (exact) mass is 334 g/mol. The number of methoxy groups -OCH3 is 1. The third-order valence-corrected chi connectivity index (χ3v) is 5.21. The summed E-state index contributed by atoms with van der Waals surface area (Å²) in [5.41, 5.74) is 5.96. The predicted molar refractivity (Wildman–Crippen MR) is 85.1 cm³/mol. The Morgan fingerprint density at radius 3 is 2.38 bits per heavy atom. The largest absolute Gasteiger partial charge is 0.495 e. The molecular formula is C14H23ClN2O3S. The van der Waals surface area contributed by atoms with Gasteiger partial charge in [0.05, 0.1) is 7.11 Å². The number of hydrogen-bond acceptors (Lipinski definition) is 4. The number of rotatable bonds is 5. The van der Waals surface area contributed by atoms with Gasteiger partial charge in [-0.05, 0) is 24.5 Å². The van der Waals surface area contributed by atoms with Gasteiger partial charge in [-0.1, -0.05) is 32.4 Å². The van der Waals surface area contributed by atoms with Crippen LogP contribution in [0.25, 0.3) is 0 Å². The van der Waals surface area contributed by atoms with Gasteiger partial charge in [-0.2, -0.15) is 0 Å². The zero-order valence-electron chi connectivity index (χ0n) is 13.0. The fourth-order valence-electron chi connectivity index (χ4n) is 1.68. The van der Waals surface area contributed by atoms with Crippen molar-refractivity contribution in [2.45, 2.75) is 45.2 Å². The zero-order chi connectivity index (χ0) is 16.4. The van der Waals surface area contributed by atoms with Crippen molar-refractivity contribution in [2.75, 3.05) is 7.11 Å². The number of sulfonamides is 1. The second-order valence-corrected chi connectivity index (χ2v) is 8.13. The molecule has 1 unspecified atom stereocenters. The Bertz CT molecular complexity index is 609. The summed E-state index contributed by atoms with van der Waals surface area (Å²) in [5.74, 6) is 0.232. The lowest BCUT2D eigenvalue weighted by molar-refractivity contribution is 0.317. The molecule has 0 aliphatic rings. The second-order valence-electron chi connectivity index (χ2n) is 6.01. The van der Waals surface area contributed by atoms with Crippen LogP contribution in [0, 0.1) is 5.41 Å². The minimum Gasteiger partial charge on any atom is -0.495 e. The van der Waals surface area contributed by atoms with Crippen molar-refractivity contribution in [3.05, 3.63) is 22.7 Å². The molecule has 0 radical (unpaired) electrons. The van der Waals surface area contributed by atoms with Gasteiger partial charge in [-0.3, -0.25) is 0 Å².